The number of nitrogens with zero attached hydrogens (tertiary/aromatic N) is 2. The fourth-order valence-corrected chi connectivity index (χ4v) is 2.87. The molecule has 19 heavy (non-hydrogen) atoms. The molecule has 0 spiro atoms. The lowest BCUT2D eigenvalue weighted by atomic mass is 10.0. The molecule has 1 unspecified atom stereocenters. The third-order valence-electron chi connectivity index (χ3n) is 3.66. The number of aromatic nitrogens is 3. The summed E-state index contributed by atoms with van der Waals surface area (Å²) >= 11 is 5.46. The third-order valence-corrected chi connectivity index (χ3v) is 3.96. The molecule has 2 aromatic rings. The first-order valence-corrected chi connectivity index (χ1v) is 7.47. The Morgan fingerprint density at radius 2 is 2.05 bits per heavy atom. The van der Waals surface area contributed by atoms with Crippen LogP contribution in [0.2, 0.25) is 0 Å². The van der Waals surface area contributed by atoms with E-state index in [9.17, 15) is 0 Å². The van der Waals surface area contributed by atoms with E-state index >= 15 is 0 Å². The maximum absolute atomic E-state index is 5.46. The molecule has 1 N–H and O–H groups in total. The number of nitrogens with one attached hydrogen (secondary N) is 1. The van der Waals surface area contributed by atoms with Crippen LogP contribution in [0.5, 0.6) is 0 Å². The van der Waals surface area contributed by atoms with Crippen molar-refractivity contribution in [2.24, 2.45) is 5.92 Å². The van der Waals surface area contributed by atoms with Crippen LogP contribution in [0, 0.1) is 17.6 Å². The molecule has 0 aliphatic heterocycles. The molecular formula is C15H23N3S. The van der Waals surface area contributed by atoms with Crippen LogP contribution < -0.4 is 0 Å². The normalized spacial score (nSPS) is 13.3. The van der Waals surface area contributed by atoms with E-state index < -0.39 is 0 Å². The molecule has 3 nitrogen and oxygen atoms in total. The minimum absolute atomic E-state index is 0.397. The van der Waals surface area contributed by atoms with Crippen molar-refractivity contribution < 1.29 is 0 Å². The predicted molar refractivity (Wildman–Crippen MR) is 83.1 cm³/mol. The zero-order valence-corrected chi connectivity index (χ0v) is 13.0. The van der Waals surface area contributed by atoms with Gasteiger partial charge in [-0.2, -0.15) is 0 Å². The van der Waals surface area contributed by atoms with Gasteiger partial charge >= 0.3 is 0 Å². The summed E-state index contributed by atoms with van der Waals surface area (Å²) in [4.78, 5) is 7.78. The summed E-state index contributed by atoms with van der Waals surface area (Å²) in [6.45, 7) is 8.86. The highest BCUT2D eigenvalue weighted by Gasteiger charge is 2.13. The third kappa shape index (κ3) is 3.06. The van der Waals surface area contributed by atoms with Crippen molar-refractivity contribution in [3.05, 3.63) is 22.6 Å². The van der Waals surface area contributed by atoms with Crippen molar-refractivity contribution in [3.63, 3.8) is 0 Å². The van der Waals surface area contributed by atoms with Crippen molar-refractivity contribution in [2.45, 2.75) is 53.0 Å². The summed E-state index contributed by atoms with van der Waals surface area (Å²) in [5, 5.41) is 0. The van der Waals surface area contributed by atoms with Crippen molar-refractivity contribution in [1.29, 1.82) is 0 Å². The number of rotatable bonds is 5. The Labute approximate surface area is 120 Å². The van der Waals surface area contributed by atoms with Gasteiger partial charge in [0.25, 0.3) is 0 Å². The number of hydrogen-bond acceptors (Lipinski definition) is 2. The van der Waals surface area contributed by atoms with Gasteiger partial charge in [-0.15, -0.1) is 0 Å². The first-order chi connectivity index (χ1) is 9.00. The van der Waals surface area contributed by atoms with E-state index in [0.29, 0.717) is 6.04 Å². The van der Waals surface area contributed by atoms with E-state index in [1.165, 1.54) is 18.4 Å². The van der Waals surface area contributed by atoms with Gasteiger partial charge in [-0.05, 0) is 50.0 Å². The molecule has 0 bridgehead atoms. The average Bonchev–Trinajstić information content (AvgIpc) is 2.66. The Bertz CT molecular complexity index is 609. The van der Waals surface area contributed by atoms with E-state index in [2.05, 4.69) is 42.2 Å². The van der Waals surface area contributed by atoms with E-state index in [4.69, 9.17) is 12.2 Å². The van der Waals surface area contributed by atoms with Crippen LogP contribution in [-0.4, -0.2) is 14.5 Å². The molecule has 0 aliphatic rings. The zero-order valence-electron chi connectivity index (χ0n) is 12.2. The van der Waals surface area contributed by atoms with Gasteiger partial charge in [-0.25, -0.2) is 4.98 Å². The molecule has 4 heteroatoms. The smallest absolute Gasteiger partial charge is 0.179 e. The van der Waals surface area contributed by atoms with Crippen molar-refractivity contribution in [3.8, 4) is 0 Å². The molecule has 0 fully saturated rings. The maximum atomic E-state index is 5.46. The molecule has 0 saturated heterocycles. The molecule has 104 valence electrons. The van der Waals surface area contributed by atoms with E-state index in [1.54, 1.807) is 0 Å². The largest absolute Gasteiger partial charge is 0.329 e. The number of fused-ring (bicyclic) bond motifs is 1. The van der Waals surface area contributed by atoms with Gasteiger partial charge < -0.3 is 4.98 Å². The molecule has 0 amide bonds. The Morgan fingerprint density at radius 1 is 1.32 bits per heavy atom. The van der Waals surface area contributed by atoms with Gasteiger partial charge in [-0.1, -0.05) is 26.7 Å². The Hall–Kier alpha value is -1.16. The van der Waals surface area contributed by atoms with Gasteiger partial charge in [0, 0.05) is 12.2 Å². The summed E-state index contributed by atoms with van der Waals surface area (Å²) in [6.07, 6.45) is 5.51. The number of imidazole rings is 1. The van der Waals surface area contributed by atoms with Crippen LogP contribution in [0.4, 0.5) is 0 Å². The van der Waals surface area contributed by atoms with Crippen molar-refractivity contribution in [2.75, 3.05) is 0 Å². The lowest BCUT2D eigenvalue weighted by molar-refractivity contribution is 0.450. The highest BCUT2D eigenvalue weighted by Crippen LogP contribution is 2.23. The second kappa shape index (κ2) is 5.87. The highest BCUT2D eigenvalue weighted by molar-refractivity contribution is 7.71. The number of hydrogen-bond donors (Lipinski definition) is 1. The van der Waals surface area contributed by atoms with Crippen LogP contribution in [0.1, 0.15) is 51.6 Å². The molecule has 0 aromatic carbocycles. The number of aromatic amines is 1. The SMILES string of the molecule is Cc1ccnc2c1[nH]c(=S)n2C(C)CCCC(C)C. The highest BCUT2D eigenvalue weighted by atomic mass is 32.1. The average molecular weight is 277 g/mol. The summed E-state index contributed by atoms with van der Waals surface area (Å²) in [6, 6.07) is 2.41. The molecule has 0 aliphatic carbocycles. The van der Waals surface area contributed by atoms with Crippen molar-refractivity contribution in [1.82, 2.24) is 14.5 Å². The fraction of sp³-hybridized carbons (Fsp3) is 0.600. The van der Waals surface area contributed by atoms with E-state index in [-0.39, 0.29) is 0 Å². The molecule has 2 aromatic heterocycles. The predicted octanol–water partition coefficient (Wildman–Crippen LogP) is 4.79. The van der Waals surface area contributed by atoms with Crippen LogP contribution in [0.25, 0.3) is 11.2 Å². The lowest BCUT2D eigenvalue weighted by Crippen LogP contribution is -2.06. The minimum atomic E-state index is 0.397. The summed E-state index contributed by atoms with van der Waals surface area (Å²) in [7, 11) is 0. The molecular weight excluding hydrogens is 254 g/mol. The first-order valence-electron chi connectivity index (χ1n) is 7.06. The monoisotopic (exact) mass is 277 g/mol. The minimum Gasteiger partial charge on any atom is -0.329 e. The summed E-state index contributed by atoms with van der Waals surface area (Å²) in [5.74, 6) is 0.767. The molecule has 0 saturated carbocycles. The van der Waals surface area contributed by atoms with Gasteiger partial charge in [-0.3, -0.25) is 4.57 Å². The van der Waals surface area contributed by atoms with Crippen molar-refractivity contribution >= 4 is 23.4 Å². The molecule has 0 radical (unpaired) electrons. The van der Waals surface area contributed by atoms with Gasteiger partial charge in [0.05, 0.1) is 5.52 Å². The second-order valence-electron chi connectivity index (χ2n) is 5.80. The van der Waals surface area contributed by atoms with Gasteiger partial charge in [0.2, 0.25) is 0 Å². The van der Waals surface area contributed by atoms with Gasteiger partial charge in [0.1, 0.15) is 0 Å². The summed E-state index contributed by atoms with van der Waals surface area (Å²) in [5.41, 5.74) is 3.26. The van der Waals surface area contributed by atoms with Crippen LogP contribution in [0.15, 0.2) is 12.3 Å². The Balaban J connectivity index is 2.27. The molecule has 2 rings (SSSR count). The lowest BCUT2D eigenvalue weighted by Gasteiger charge is -2.14. The van der Waals surface area contributed by atoms with E-state index in [0.717, 1.165) is 28.3 Å². The second-order valence-corrected chi connectivity index (χ2v) is 6.19. The molecule has 2 heterocycles. The maximum Gasteiger partial charge on any atom is 0.179 e. The van der Waals surface area contributed by atoms with Crippen LogP contribution in [-0.2, 0) is 0 Å². The number of aryl methyl sites for hydroxylation is 1. The molecule has 1 atom stereocenters. The fourth-order valence-electron chi connectivity index (χ4n) is 2.50. The quantitative estimate of drug-likeness (QED) is 0.797. The standard InChI is InChI=1S/C15H23N3S/c1-10(2)6-5-7-12(4)18-14-13(17-15(18)19)11(3)8-9-16-14/h8-10,12H,5-7H2,1-4H3,(H,17,19). The van der Waals surface area contributed by atoms with Crippen LogP contribution >= 0.6 is 12.2 Å². The number of H-pyrrole nitrogens is 1. The topological polar surface area (TPSA) is 33.6 Å². The first kappa shape index (κ1) is 14.3. The Kier molecular flexibility index (Phi) is 4.40. The van der Waals surface area contributed by atoms with Crippen LogP contribution in [0.3, 0.4) is 0 Å². The summed E-state index contributed by atoms with van der Waals surface area (Å²) < 4.78 is 2.95. The zero-order chi connectivity index (χ0) is 14.0. The Morgan fingerprint density at radius 3 is 2.74 bits per heavy atom. The van der Waals surface area contributed by atoms with E-state index in [1.807, 2.05) is 12.3 Å². The number of pyridine rings is 1. The van der Waals surface area contributed by atoms with Gasteiger partial charge in [0.15, 0.2) is 10.4 Å².